The molecule has 15 heavy (non-hydrogen) atoms. The Morgan fingerprint density at radius 1 is 1.60 bits per heavy atom. The zero-order valence-corrected chi connectivity index (χ0v) is 11.6. The molecule has 0 heterocycles. The summed E-state index contributed by atoms with van der Waals surface area (Å²) in [5.41, 5.74) is 0.199. The van der Waals surface area contributed by atoms with E-state index in [0.717, 1.165) is 19.4 Å². The fourth-order valence-electron chi connectivity index (χ4n) is 2.33. The third-order valence-electron chi connectivity index (χ3n) is 3.42. The van der Waals surface area contributed by atoms with Gasteiger partial charge in [-0.1, -0.05) is 43.1 Å². The van der Waals surface area contributed by atoms with Crippen molar-refractivity contribution < 1.29 is 4.79 Å². The van der Waals surface area contributed by atoms with Crippen LogP contribution >= 0.6 is 15.9 Å². The van der Waals surface area contributed by atoms with E-state index in [1.165, 1.54) is 12.8 Å². The van der Waals surface area contributed by atoms with Crippen LogP contribution in [0.15, 0.2) is 0 Å². The molecule has 2 unspecified atom stereocenters. The maximum atomic E-state index is 11.9. The Balaban J connectivity index is 2.34. The SMILES string of the molecule is CC(Br)CCNC(=O)C1CCCC1(C)C. The summed E-state index contributed by atoms with van der Waals surface area (Å²) in [4.78, 5) is 12.4. The molecule has 0 radical (unpaired) electrons. The summed E-state index contributed by atoms with van der Waals surface area (Å²) in [5, 5.41) is 3.04. The van der Waals surface area contributed by atoms with Crippen molar-refractivity contribution in [1.82, 2.24) is 5.32 Å². The molecule has 0 aromatic heterocycles. The van der Waals surface area contributed by atoms with Crippen LogP contribution in [0.4, 0.5) is 0 Å². The lowest BCUT2D eigenvalue weighted by molar-refractivity contribution is -0.127. The second-order valence-corrected chi connectivity index (χ2v) is 6.86. The average molecular weight is 276 g/mol. The minimum Gasteiger partial charge on any atom is -0.356 e. The number of amides is 1. The van der Waals surface area contributed by atoms with E-state index >= 15 is 0 Å². The zero-order chi connectivity index (χ0) is 11.5. The van der Waals surface area contributed by atoms with Crippen LogP contribution in [-0.2, 0) is 4.79 Å². The molecule has 1 amide bonds. The predicted molar refractivity (Wildman–Crippen MR) is 67.1 cm³/mol. The van der Waals surface area contributed by atoms with Gasteiger partial charge in [0.25, 0.3) is 0 Å². The molecule has 1 N–H and O–H groups in total. The Bertz CT molecular complexity index is 226. The van der Waals surface area contributed by atoms with E-state index in [4.69, 9.17) is 0 Å². The third kappa shape index (κ3) is 3.78. The molecule has 88 valence electrons. The molecule has 0 saturated heterocycles. The summed E-state index contributed by atoms with van der Waals surface area (Å²) in [6.45, 7) is 7.30. The number of carbonyl (C=O) groups is 1. The first-order chi connectivity index (χ1) is 6.93. The Morgan fingerprint density at radius 3 is 2.73 bits per heavy atom. The fourth-order valence-corrected chi connectivity index (χ4v) is 2.56. The maximum Gasteiger partial charge on any atom is 0.223 e. The van der Waals surface area contributed by atoms with E-state index in [9.17, 15) is 4.79 Å². The van der Waals surface area contributed by atoms with Crippen molar-refractivity contribution in [2.75, 3.05) is 6.54 Å². The molecule has 1 aliphatic rings. The van der Waals surface area contributed by atoms with Gasteiger partial charge in [0.2, 0.25) is 5.91 Å². The molecular weight excluding hydrogens is 254 g/mol. The largest absolute Gasteiger partial charge is 0.356 e. The summed E-state index contributed by atoms with van der Waals surface area (Å²) in [6, 6.07) is 0. The van der Waals surface area contributed by atoms with Crippen molar-refractivity contribution in [3.05, 3.63) is 0 Å². The molecule has 0 spiro atoms. The van der Waals surface area contributed by atoms with Crippen LogP contribution in [-0.4, -0.2) is 17.3 Å². The van der Waals surface area contributed by atoms with Crippen molar-refractivity contribution in [3.63, 3.8) is 0 Å². The molecule has 3 heteroatoms. The van der Waals surface area contributed by atoms with Gasteiger partial charge in [-0.25, -0.2) is 0 Å². The lowest BCUT2D eigenvalue weighted by Gasteiger charge is -2.25. The molecule has 2 nitrogen and oxygen atoms in total. The summed E-state index contributed by atoms with van der Waals surface area (Å²) < 4.78 is 0. The predicted octanol–water partition coefficient (Wildman–Crippen LogP) is 3.10. The third-order valence-corrected chi connectivity index (χ3v) is 3.87. The van der Waals surface area contributed by atoms with Gasteiger partial charge in [0.1, 0.15) is 0 Å². The Kier molecular flexibility index (Phi) is 4.63. The Labute approximate surface area is 101 Å². The van der Waals surface area contributed by atoms with Crippen molar-refractivity contribution in [2.24, 2.45) is 11.3 Å². The molecule has 0 aliphatic heterocycles. The Morgan fingerprint density at radius 2 is 2.27 bits per heavy atom. The van der Waals surface area contributed by atoms with Crippen molar-refractivity contribution in [3.8, 4) is 0 Å². The molecule has 0 aromatic carbocycles. The van der Waals surface area contributed by atoms with Crippen molar-refractivity contribution in [1.29, 1.82) is 0 Å². The van der Waals surface area contributed by atoms with Crippen LogP contribution in [0.3, 0.4) is 0 Å². The molecule has 2 atom stereocenters. The summed E-state index contributed by atoms with van der Waals surface area (Å²) >= 11 is 3.48. The number of halogens is 1. The van der Waals surface area contributed by atoms with Crippen LogP contribution in [0, 0.1) is 11.3 Å². The van der Waals surface area contributed by atoms with Crippen LogP contribution < -0.4 is 5.32 Å². The highest BCUT2D eigenvalue weighted by atomic mass is 79.9. The average Bonchev–Trinajstić information content (AvgIpc) is 2.44. The minimum absolute atomic E-state index is 0.199. The number of hydrogen-bond donors (Lipinski definition) is 1. The van der Waals surface area contributed by atoms with E-state index in [0.29, 0.717) is 4.83 Å². The summed E-state index contributed by atoms with van der Waals surface area (Å²) in [5.74, 6) is 0.480. The van der Waals surface area contributed by atoms with Crippen LogP contribution in [0.1, 0.15) is 46.5 Å². The van der Waals surface area contributed by atoms with Gasteiger partial charge in [0.05, 0.1) is 0 Å². The first-order valence-electron chi connectivity index (χ1n) is 5.85. The molecule has 1 rings (SSSR count). The maximum absolute atomic E-state index is 11.9. The zero-order valence-electron chi connectivity index (χ0n) is 9.98. The minimum atomic E-state index is 0.199. The van der Waals surface area contributed by atoms with Gasteiger partial charge in [-0.15, -0.1) is 0 Å². The molecular formula is C12H22BrNO. The number of hydrogen-bond acceptors (Lipinski definition) is 1. The van der Waals surface area contributed by atoms with Crippen molar-refractivity contribution >= 4 is 21.8 Å². The van der Waals surface area contributed by atoms with E-state index in [2.05, 4.69) is 42.0 Å². The second kappa shape index (κ2) is 5.33. The van der Waals surface area contributed by atoms with Crippen LogP contribution in [0.2, 0.25) is 0 Å². The number of nitrogens with one attached hydrogen (secondary N) is 1. The van der Waals surface area contributed by atoms with Crippen LogP contribution in [0.25, 0.3) is 0 Å². The van der Waals surface area contributed by atoms with E-state index < -0.39 is 0 Å². The summed E-state index contributed by atoms with van der Waals surface area (Å²) in [6.07, 6.45) is 4.43. The highest BCUT2D eigenvalue weighted by molar-refractivity contribution is 9.09. The number of alkyl halides is 1. The van der Waals surface area contributed by atoms with E-state index in [1.54, 1.807) is 0 Å². The highest BCUT2D eigenvalue weighted by Gasteiger charge is 2.38. The van der Waals surface area contributed by atoms with Gasteiger partial charge in [-0.3, -0.25) is 4.79 Å². The first kappa shape index (κ1) is 13.0. The van der Waals surface area contributed by atoms with Gasteiger partial charge < -0.3 is 5.32 Å². The molecule has 1 fully saturated rings. The lowest BCUT2D eigenvalue weighted by atomic mass is 9.81. The van der Waals surface area contributed by atoms with Gasteiger partial charge in [-0.2, -0.15) is 0 Å². The monoisotopic (exact) mass is 275 g/mol. The van der Waals surface area contributed by atoms with Gasteiger partial charge >= 0.3 is 0 Å². The first-order valence-corrected chi connectivity index (χ1v) is 6.77. The van der Waals surface area contributed by atoms with Crippen LogP contribution in [0.5, 0.6) is 0 Å². The van der Waals surface area contributed by atoms with Gasteiger partial charge in [-0.05, 0) is 24.7 Å². The highest BCUT2D eigenvalue weighted by Crippen LogP contribution is 2.42. The lowest BCUT2D eigenvalue weighted by Crippen LogP contribution is -2.37. The fraction of sp³-hybridized carbons (Fsp3) is 0.917. The van der Waals surface area contributed by atoms with E-state index in [1.807, 2.05) is 0 Å². The molecule has 1 aliphatic carbocycles. The Hall–Kier alpha value is -0.0500. The summed E-state index contributed by atoms with van der Waals surface area (Å²) in [7, 11) is 0. The van der Waals surface area contributed by atoms with Gasteiger partial charge in [0, 0.05) is 17.3 Å². The molecule has 1 saturated carbocycles. The number of rotatable bonds is 4. The van der Waals surface area contributed by atoms with Gasteiger partial charge in [0.15, 0.2) is 0 Å². The quantitative estimate of drug-likeness (QED) is 0.785. The molecule has 0 aromatic rings. The smallest absolute Gasteiger partial charge is 0.223 e. The number of carbonyl (C=O) groups excluding carboxylic acids is 1. The molecule has 0 bridgehead atoms. The standard InChI is InChI=1S/C12H22BrNO/c1-9(13)6-8-14-11(15)10-5-4-7-12(10,2)3/h9-10H,4-8H2,1-3H3,(H,14,15). The second-order valence-electron chi connectivity index (χ2n) is 5.29. The van der Waals surface area contributed by atoms with E-state index in [-0.39, 0.29) is 17.2 Å². The topological polar surface area (TPSA) is 29.1 Å². The van der Waals surface area contributed by atoms with Crippen molar-refractivity contribution in [2.45, 2.75) is 51.3 Å². The normalized spacial score (nSPS) is 26.3.